The van der Waals surface area contributed by atoms with E-state index in [1.807, 2.05) is 52.4 Å². The second kappa shape index (κ2) is 20.7. The fraction of sp³-hybridized carbons (Fsp3) is 0.880. The van der Waals surface area contributed by atoms with Crippen LogP contribution in [-0.4, -0.2) is 122 Å². The van der Waals surface area contributed by atoms with Gasteiger partial charge in [0.05, 0.1) is 0 Å². The Bertz CT molecular complexity index is 1310. The summed E-state index contributed by atoms with van der Waals surface area (Å²) in [5, 5.41) is 0. The summed E-state index contributed by atoms with van der Waals surface area (Å²) >= 11 is 0. The molecule has 4 rings (SSSR count). The summed E-state index contributed by atoms with van der Waals surface area (Å²) in [6, 6.07) is 1.87. The van der Waals surface area contributed by atoms with E-state index in [2.05, 4.69) is 26.2 Å². The first-order chi connectivity index (χ1) is 25.2. The van der Waals surface area contributed by atoms with Crippen molar-refractivity contribution in [2.24, 2.45) is 0 Å². The molecule has 3 aliphatic heterocycles. The quantitative estimate of drug-likeness (QED) is 0.257. The molecule has 0 N–H and O–H groups in total. The minimum Gasteiger partial charge on any atom is -0.442 e. The van der Waals surface area contributed by atoms with Crippen molar-refractivity contribution < 1.29 is 45.3 Å². The zero-order valence-electron chi connectivity index (χ0n) is 34.3. The molecule has 0 aromatic carbocycles. The lowest BCUT2D eigenvalue weighted by Gasteiger charge is -2.37. The molecule has 54 heavy (non-hydrogen) atoms. The van der Waals surface area contributed by atoms with Gasteiger partial charge in [0.2, 0.25) is 0 Å². The van der Waals surface area contributed by atoms with Crippen LogP contribution in [-0.2, 0) is 64.9 Å². The maximum absolute atomic E-state index is 14.1. The first-order valence-electron chi connectivity index (χ1n) is 19.4. The predicted octanol–water partition coefficient (Wildman–Crippen LogP) is -0.0201. The van der Waals surface area contributed by atoms with Gasteiger partial charge in [0.15, 0.2) is 17.4 Å². The van der Waals surface area contributed by atoms with E-state index in [4.69, 9.17) is 45.3 Å². The molecule has 0 radical (unpaired) electrons. The smallest absolute Gasteiger partial charge is 0.336 e. The van der Waals surface area contributed by atoms with Crippen LogP contribution in [0, 0.1) is 0 Å². The molecular formula is C25H65N3O14Si12. The number of nitrogens with zero attached hydrogens (tertiary/aromatic N) is 3. The van der Waals surface area contributed by atoms with Crippen molar-refractivity contribution in [1.29, 1.82) is 0 Å². The monoisotopic (exact) mass is 967 g/mol. The van der Waals surface area contributed by atoms with E-state index in [1.54, 1.807) is 0 Å². The fourth-order valence-electron chi connectivity index (χ4n) is 7.86. The number of hydrogen-bond acceptors (Lipinski definition) is 14. The van der Waals surface area contributed by atoms with Crippen LogP contribution in [0.5, 0.6) is 0 Å². The lowest BCUT2D eigenvalue weighted by Crippen LogP contribution is -2.56. The maximum Gasteiger partial charge on any atom is 0.336 e. The third-order valence-corrected chi connectivity index (χ3v) is 55.0. The van der Waals surface area contributed by atoms with Crippen molar-refractivity contribution in [3.63, 3.8) is 0 Å². The minimum atomic E-state index is -2.70. The van der Waals surface area contributed by atoms with Crippen LogP contribution in [0.4, 0.5) is 0 Å². The third-order valence-electron chi connectivity index (χ3n) is 9.67. The Labute approximate surface area is 338 Å². The van der Waals surface area contributed by atoms with Crippen molar-refractivity contribution in [2.75, 3.05) is 0 Å². The molecule has 8 atom stereocenters. The van der Waals surface area contributed by atoms with Gasteiger partial charge in [-0.3, -0.25) is 0 Å². The normalized spacial score (nSPS) is 38.8. The molecular weight excluding hydrogens is 903 g/mol. The Hall–Kier alpha value is 0.573. The topological polar surface area (TPSA) is 168 Å². The van der Waals surface area contributed by atoms with Crippen LogP contribution in [0.15, 0.2) is 14.4 Å². The van der Waals surface area contributed by atoms with Crippen LogP contribution in [0.1, 0.15) is 19.3 Å². The SMILES string of the molecule is C[SiH]1C[Si](C)(CCCn2c(=O)n(CCC[Si]3(C)O[SiH](C)O[SiH](C)O[SiH](C)O3)c(=O)n(CCC[Si]3(C)O[SiH](C)O[SiH](C)O[SiH](C)O3)c2=O)O[SiH](C)O[SiH](C)O1. The van der Waals surface area contributed by atoms with Crippen molar-refractivity contribution in [2.45, 2.75) is 141 Å². The highest BCUT2D eigenvalue weighted by Crippen LogP contribution is 2.26. The summed E-state index contributed by atoms with van der Waals surface area (Å²) < 4.78 is 72.9. The Morgan fingerprint density at radius 3 is 1.09 bits per heavy atom. The molecule has 0 bridgehead atoms. The molecule has 1 aromatic rings. The lowest BCUT2D eigenvalue weighted by atomic mass is 10.4. The largest absolute Gasteiger partial charge is 0.442 e. The molecule has 29 heteroatoms. The Balaban J connectivity index is 1.57. The summed E-state index contributed by atoms with van der Waals surface area (Å²) in [4.78, 5) is 42.2. The Kier molecular flexibility index (Phi) is 18.1. The molecule has 4 heterocycles. The van der Waals surface area contributed by atoms with E-state index < -0.39 is 126 Å². The molecule has 3 aliphatic rings. The van der Waals surface area contributed by atoms with E-state index in [-0.39, 0.29) is 19.6 Å². The van der Waals surface area contributed by atoms with Gasteiger partial charge in [0.1, 0.15) is 0 Å². The molecule has 0 spiro atoms. The van der Waals surface area contributed by atoms with Gasteiger partial charge in [0, 0.05) is 19.6 Å². The molecule has 312 valence electrons. The number of aromatic nitrogens is 3. The summed E-state index contributed by atoms with van der Waals surface area (Å²) in [6.45, 7) is 25.0. The standard InChI is InChI=1S/C25H65N3O14Si12/c1-43-22-52(10,38-47(5)33-44(2)32-43)19-13-16-26-23(29)27(17-14-20-53(11)39-48(6)34-45(3)35-49(7)40-53)25(31)28(24(26)30)18-15-21-54(12)41-50(8)36-46(4)37-51(9)42-54/h43-51H,13-22H2,1-12H3. The summed E-state index contributed by atoms with van der Waals surface area (Å²) in [5.41, 5.74) is -0.826. The number of hydrogen-bond donors (Lipinski definition) is 0. The summed E-state index contributed by atoms with van der Waals surface area (Å²) in [7, 11) is -24.0. The molecule has 3 fully saturated rings. The highest BCUT2D eigenvalue weighted by Gasteiger charge is 2.41. The van der Waals surface area contributed by atoms with Crippen LogP contribution >= 0.6 is 0 Å². The highest BCUT2D eigenvalue weighted by atomic mass is 28.5. The van der Waals surface area contributed by atoms with Gasteiger partial charge in [-0.25, -0.2) is 28.1 Å². The lowest BCUT2D eigenvalue weighted by molar-refractivity contribution is 0.271. The van der Waals surface area contributed by atoms with Gasteiger partial charge < -0.3 is 45.3 Å². The predicted molar refractivity (Wildman–Crippen MR) is 236 cm³/mol. The van der Waals surface area contributed by atoms with E-state index in [0.29, 0.717) is 31.4 Å². The molecule has 0 amide bonds. The van der Waals surface area contributed by atoms with Crippen molar-refractivity contribution in [1.82, 2.24) is 13.7 Å². The van der Waals surface area contributed by atoms with Crippen LogP contribution < -0.4 is 17.1 Å². The second-order valence-corrected chi connectivity index (χ2v) is 47.8. The zero-order chi connectivity index (χ0) is 40.0. The summed E-state index contributed by atoms with van der Waals surface area (Å²) in [5.74, 6) is 0. The van der Waals surface area contributed by atoms with Crippen molar-refractivity contribution in [3.05, 3.63) is 31.5 Å². The van der Waals surface area contributed by atoms with Crippen molar-refractivity contribution >= 4 is 109 Å². The average Bonchev–Trinajstić information content (AvgIpc) is 2.99. The first-order valence-corrected chi connectivity index (χ1v) is 46.5. The maximum atomic E-state index is 14.1. The first kappa shape index (κ1) is 47.3. The summed E-state index contributed by atoms with van der Waals surface area (Å²) in [6.07, 6.45) is 1.51. The third kappa shape index (κ3) is 14.1. The molecule has 1 aromatic heterocycles. The molecule has 0 saturated carbocycles. The Morgan fingerprint density at radius 2 is 0.741 bits per heavy atom. The highest BCUT2D eigenvalue weighted by molar-refractivity contribution is 6.89. The van der Waals surface area contributed by atoms with Crippen LogP contribution in [0.25, 0.3) is 0 Å². The van der Waals surface area contributed by atoms with Gasteiger partial charge in [-0.1, -0.05) is 0 Å². The van der Waals surface area contributed by atoms with E-state index in [1.165, 1.54) is 13.7 Å². The van der Waals surface area contributed by atoms with E-state index in [0.717, 1.165) is 11.7 Å². The Morgan fingerprint density at radius 1 is 0.444 bits per heavy atom. The molecule has 0 aliphatic carbocycles. The fourth-order valence-corrected chi connectivity index (χ4v) is 56.3. The van der Waals surface area contributed by atoms with Crippen molar-refractivity contribution in [3.8, 4) is 0 Å². The van der Waals surface area contributed by atoms with Gasteiger partial charge in [-0.15, -0.1) is 0 Å². The van der Waals surface area contributed by atoms with Gasteiger partial charge in [-0.2, -0.15) is 0 Å². The zero-order valence-corrected chi connectivity index (χ0v) is 47.7. The van der Waals surface area contributed by atoms with Gasteiger partial charge in [-0.05, 0) is 122 Å². The van der Waals surface area contributed by atoms with Gasteiger partial charge in [0.25, 0.3) is 74.3 Å². The number of rotatable bonds is 12. The average molecular weight is 969 g/mol. The molecule has 17 nitrogen and oxygen atoms in total. The minimum absolute atomic E-state index is 0.131. The van der Waals surface area contributed by atoms with Gasteiger partial charge >= 0.3 is 34.2 Å². The van der Waals surface area contributed by atoms with E-state index in [9.17, 15) is 14.4 Å². The molecule has 3 saturated heterocycles. The van der Waals surface area contributed by atoms with E-state index >= 15 is 0 Å². The van der Waals surface area contributed by atoms with Crippen LogP contribution in [0.3, 0.4) is 0 Å². The van der Waals surface area contributed by atoms with Crippen LogP contribution in [0.2, 0.25) is 102 Å². The second-order valence-electron chi connectivity index (χ2n) is 15.3. The molecule has 8 unspecified atom stereocenters.